The van der Waals surface area contributed by atoms with Crippen LogP contribution < -0.4 is 5.32 Å². The third-order valence-corrected chi connectivity index (χ3v) is 3.14. The van der Waals surface area contributed by atoms with Crippen LogP contribution in [0.3, 0.4) is 0 Å². The van der Waals surface area contributed by atoms with E-state index in [4.69, 9.17) is 0 Å². The van der Waals surface area contributed by atoms with Crippen molar-refractivity contribution in [2.75, 3.05) is 25.4 Å². The average Bonchev–Trinajstić information content (AvgIpc) is 2.85. The van der Waals surface area contributed by atoms with Gasteiger partial charge < -0.3 is 5.32 Å². The largest absolute Gasteiger partial charge is 0.374 e. The Morgan fingerprint density at radius 1 is 1.18 bits per heavy atom. The zero-order valence-electron chi connectivity index (χ0n) is 11.9. The monoisotopic (exact) mass is 257 g/mol. The number of nitrogens with zero attached hydrogens (tertiary/aromatic N) is 2. The van der Waals surface area contributed by atoms with Crippen molar-refractivity contribution in [2.45, 2.75) is 41.0 Å². The zero-order chi connectivity index (χ0) is 13.1. The van der Waals surface area contributed by atoms with Crippen LogP contribution in [0.2, 0.25) is 0 Å². The highest BCUT2D eigenvalue weighted by atomic mass is 32.2. The molecule has 2 aliphatic rings. The maximum atomic E-state index is 4.33. The standard InChI is InChI=1S/C7H14N2.C4H7NS.C2H6/c1-6(2)7-8-4-3-5-9-7;1-4-5-2-3-6-4;1-2/h6H,3-5H2,1-2H3,(H,8,9);2-3H2,1H3;1-2H3. The lowest BCUT2D eigenvalue weighted by Gasteiger charge is -2.16. The molecule has 2 heterocycles. The summed E-state index contributed by atoms with van der Waals surface area (Å²) < 4.78 is 0. The van der Waals surface area contributed by atoms with Crippen LogP contribution in [0.5, 0.6) is 0 Å². The fourth-order valence-electron chi connectivity index (χ4n) is 1.38. The number of thioether (sulfide) groups is 1. The third-order valence-electron chi connectivity index (χ3n) is 2.21. The van der Waals surface area contributed by atoms with Crippen molar-refractivity contribution in [1.82, 2.24) is 5.32 Å². The number of hydrogen-bond donors (Lipinski definition) is 1. The topological polar surface area (TPSA) is 36.8 Å². The first-order valence-electron chi connectivity index (χ1n) is 6.62. The molecule has 1 N–H and O–H groups in total. The summed E-state index contributed by atoms with van der Waals surface area (Å²) in [5, 5.41) is 4.51. The molecular weight excluding hydrogens is 230 g/mol. The zero-order valence-corrected chi connectivity index (χ0v) is 12.7. The molecule has 2 rings (SSSR count). The molecular formula is C13H27N3S. The van der Waals surface area contributed by atoms with Gasteiger partial charge in [0.2, 0.25) is 0 Å². The van der Waals surface area contributed by atoms with Gasteiger partial charge in [-0.1, -0.05) is 27.7 Å². The number of amidine groups is 1. The van der Waals surface area contributed by atoms with Gasteiger partial charge in [0.05, 0.1) is 10.9 Å². The summed E-state index contributed by atoms with van der Waals surface area (Å²) in [6, 6.07) is 0. The van der Waals surface area contributed by atoms with Gasteiger partial charge in [-0.15, -0.1) is 11.8 Å². The Morgan fingerprint density at radius 3 is 2.12 bits per heavy atom. The number of hydrogen-bond acceptors (Lipinski definition) is 4. The molecule has 0 aromatic rings. The van der Waals surface area contributed by atoms with Gasteiger partial charge >= 0.3 is 0 Å². The van der Waals surface area contributed by atoms with Gasteiger partial charge in [0.25, 0.3) is 0 Å². The van der Waals surface area contributed by atoms with E-state index in [0.717, 1.165) is 19.6 Å². The molecule has 0 saturated carbocycles. The number of nitrogens with one attached hydrogen (secondary N) is 1. The van der Waals surface area contributed by atoms with Crippen molar-refractivity contribution in [2.24, 2.45) is 15.9 Å². The summed E-state index contributed by atoms with van der Waals surface area (Å²) in [5.41, 5.74) is 0. The molecule has 0 fully saturated rings. The van der Waals surface area contributed by atoms with E-state index in [1.54, 1.807) is 0 Å². The third kappa shape index (κ3) is 8.25. The molecule has 17 heavy (non-hydrogen) atoms. The highest BCUT2D eigenvalue weighted by Crippen LogP contribution is 2.09. The van der Waals surface area contributed by atoms with Crippen molar-refractivity contribution in [3.63, 3.8) is 0 Å². The predicted octanol–water partition coefficient (Wildman–Crippen LogP) is 3.21. The molecule has 3 nitrogen and oxygen atoms in total. The SMILES string of the molecule is CC.CC(C)C1=NCCCN1.CC1=NCCS1. The summed E-state index contributed by atoms with van der Waals surface area (Å²) in [6.07, 6.45) is 1.19. The molecule has 2 aliphatic heterocycles. The van der Waals surface area contributed by atoms with Gasteiger partial charge in [-0.2, -0.15) is 0 Å². The van der Waals surface area contributed by atoms with Crippen LogP contribution in [0, 0.1) is 5.92 Å². The molecule has 0 aliphatic carbocycles. The second kappa shape index (κ2) is 10.6. The molecule has 4 heteroatoms. The van der Waals surface area contributed by atoms with Gasteiger partial charge in [0, 0.05) is 31.3 Å². The smallest absolute Gasteiger partial charge is 0.0988 e. The molecule has 0 unspecified atom stereocenters. The predicted molar refractivity (Wildman–Crippen MR) is 81.5 cm³/mol. The van der Waals surface area contributed by atoms with E-state index >= 15 is 0 Å². The molecule has 0 spiro atoms. The summed E-state index contributed by atoms with van der Waals surface area (Å²) in [5.74, 6) is 2.96. The van der Waals surface area contributed by atoms with Crippen molar-refractivity contribution in [3.05, 3.63) is 0 Å². The Labute approximate surface area is 111 Å². The van der Waals surface area contributed by atoms with Crippen LogP contribution in [0.1, 0.15) is 41.0 Å². The Morgan fingerprint density at radius 2 is 1.88 bits per heavy atom. The Kier molecular flexibility index (Phi) is 10.3. The van der Waals surface area contributed by atoms with Crippen LogP contribution in [0.25, 0.3) is 0 Å². The Bertz CT molecular complexity index is 247. The molecule has 100 valence electrons. The molecule has 0 bridgehead atoms. The van der Waals surface area contributed by atoms with Crippen molar-refractivity contribution < 1.29 is 0 Å². The van der Waals surface area contributed by atoms with Crippen LogP contribution in [-0.2, 0) is 0 Å². The van der Waals surface area contributed by atoms with Gasteiger partial charge in [-0.3, -0.25) is 9.98 Å². The van der Waals surface area contributed by atoms with Crippen molar-refractivity contribution >= 4 is 22.6 Å². The van der Waals surface area contributed by atoms with Crippen LogP contribution in [0.4, 0.5) is 0 Å². The first kappa shape index (κ1) is 16.5. The fourth-order valence-corrected chi connectivity index (χ4v) is 2.04. The van der Waals surface area contributed by atoms with E-state index in [2.05, 4.69) is 36.1 Å². The lowest BCUT2D eigenvalue weighted by atomic mass is 10.2. The van der Waals surface area contributed by atoms with Crippen molar-refractivity contribution in [3.8, 4) is 0 Å². The lowest BCUT2D eigenvalue weighted by molar-refractivity contribution is 0.690. The summed E-state index contributed by atoms with van der Waals surface area (Å²) in [6.45, 7) is 13.5. The van der Waals surface area contributed by atoms with E-state index in [0.29, 0.717) is 5.92 Å². The molecule has 0 aromatic carbocycles. The highest BCUT2D eigenvalue weighted by Gasteiger charge is 2.06. The van der Waals surface area contributed by atoms with E-state index < -0.39 is 0 Å². The maximum Gasteiger partial charge on any atom is 0.0988 e. The quantitative estimate of drug-likeness (QED) is 0.783. The van der Waals surface area contributed by atoms with E-state index in [1.807, 2.05) is 25.6 Å². The summed E-state index contributed by atoms with van der Waals surface area (Å²) >= 11 is 1.85. The van der Waals surface area contributed by atoms with Crippen LogP contribution in [-0.4, -0.2) is 36.3 Å². The normalized spacial score (nSPS) is 18.0. The van der Waals surface area contributed by atoms with Crippen LogP contribution in [0.15, 0.2) is 9.98 Å². The number of aliphatic imine (C=N–C) groups is 2. The van der Waals surface area contributed by atoms with Crippen molar-refractivity contribution in [1.29, 1.82) is 0 Å². The molecule has 0 radical (unpaired) electrons. The first-order chi connectivity index (χ1) is 8.20. The van der Waals surface area contributed by atoms with Gasteiger partial charge in [-0.05, 0) is 13.3 Å². The van der Waals surface area contributed by atoms with E-state index in [9.17, 15) is 0 Å². The second-order valence-electron chi connectivity index (χ2n) is 3.95. The Balaban J connectivity index is 0.000000278. The highest BCUT2D eigenvalue weighted by molar-refractivity contribution is 8.14. The molecule has 0 atom stereocenters. The van der Waals surface area contributed by atoms with E-state index in [-0.39, 0.29) is 0 Å². The fraction of sp³-hybridized carbons (Fsp3) is 0.846. The molecule has 0 saturated heterocycles. The first-order valence-corrected chi connectivity index (χ1v) is 7.60. The summed E-state index contributed by atoms with van der Waals surface area (Å²) in [7, 11) is 0. The van der Waals surface area contributed by atoms with E-state index in [1.165, 1.54) is 23.1 Å². The average molecular weight is 257 g/mol. The lowest BCUT2D eigenvalue weighted by Crippen LogP contribution is -2.32. The van der Waals surface area contributed by atoms with Gasteiger partial charge in [0.1, 0.15) is 0 Å². The molecule has 0 aromatic heterocycles. The summed E-state index contributed by atoms with van der Waals surface area (Å²) in [4.78, 5) is 8.45. The van der Waals surface area contributed by atoms with Gasteiger partial charge in [0.15, 0.2) is 0 Å². The number of rotatable bonds is 1. The minimum atomic E-state index is 0.574. The Hall–Kier alpha value is -0.510. The van der Waals surface area contributed by atoms with Crippen LogP contribution >= 0.6 is 11.8 Å². The second-order valence-corrected chi connectivity index (χ2v) is 5.24. The maximum absolute atomic E-state index is 4.33. The molecule has 0 amide bonds. The minimum Gasteiger partial charge on any atom is -0.374 e. The van der Waals surface area contributed by atoms with Gasteiger partial charge in [-0.25, -0.2) is 0 Å². The minimum absolute atomic E-state index is 0.574.